The molecule has 0 spiro atoms. The van der Waals surface area contributed by atoms with E-state index in [1.807, 2.05) is 0 Å². The van der Waals surface area contributed by atoms with E-state index >= 15 is 0 Å². The highest BCUT2D eigenvalue weighted by Crippen LogP contribution is 2.14. The number of carbonyl (C=O) groups excluding carboxylic acids is 2. The summed E-state index contributed by atoms with van der Waals surface area (Å²) >= 11 is 1.29. The number of rotatable bonds is 6. The third kappa shape index (κ3) is 7.07. The Kier molecular flexibility index (Phi) is 9.10. The van der Waals surface area contributed by atoms with Crippen LogP contribution in [0.4, 0.5) is 10.1 Å². The van der Waals surface area contributed by atoms with Gasteiger partial charge in [0.15, 0.2) is 0 Å². The molecule has 0 bridgehead atoms. The van der Waals surface area contributed by atoms with E-state index < -0.39 is 0 Å². The lowest BCUT2D eigenvalue weighted by molar-refractivity contribution is -0.121. The number of hydrogen-bond acceptors (Lipinski definition) is 4. The Labute approximate surface area is 151 Å². The number of benzene rings is 1. The molecule has 2 rings (SSSR count). The van der Waals surface area contributed by atoms with Crippen LogP contribution in [0.5, 0.6) is 0 Å². The average Bonchev–Trinajstić information content (AvgIpc) is 2.55. The Morgan fingerprint density at radius 2 is 2.08 bits per heavy atom. The van der Waals surface area contributed by atoms with Crippen LogP contribution in [0.2, 0.25) is 0 Å². The normalized spacial score (nSPS) is 18.2. The summed E-state index contributed by atoms with van der Waals surface area (Å²) in [5, 5.41) is 8.63. The SMILES string of the molecule is CC(SCC(=O)Nc1ccc(F)cc1)C(=O)N[C@H]1CCCNC1.Cl. The van der Waals surface area contributed by atoms with Gasteiger partial charge in [-0.2, -0.15) is 0 Å². The lowest BCUT2D eigenvalue weighted by Crippen LogP contribution is -2.47. The first-order valence-electron chi connectivity index (χ1n) is 7.72. The smallest absolute Gasteiger partial charge is 0.234 e. The van der Waals surface area contributed by atoms with Gasteiger partial charge in [0, 0.05) is 18.3 Å². The molecule has 1 unspecified atom stereocenters. The molecule has 1 aliphatic rings. The molecule has 5 nitrogen and oxygen atoms in total. The number of carbonyl (C=O) groups is 2. The van der Waals surface area contributed by atoms with Crippen LogP contribution < -0.4 is 16.0 Å². The van der Waals surface area contributed by atoms with Crippen molar-refractivity contribution in [2.45, 2.75) is 31.1 Å². The summed E-state index contributed by atoms with van der Waals surface area (Å²) in [4.78, 5) is 23.9. The van der Waals surface area contributed by atoms with E-state index in [1.165, 1.54) is 36.0 Å². The summed E-state index contributed by atoms with van der Waals surface area (Å²) in [5.74, 6) is -0.423. The molecule has 1 aromatic carbocycles. The minimum absolute atomic E-state index is 0. The van der Waals surface area contributed by atoms with E-state index in [4.69, 9.17) is 0 Å². The highest BCUT2D eigenvalue weighted by molar-refractivity contribution is 8.01. The maximum absolute atomic E-state index is 12.8. The monoisotopic (exact) mass is 375 g/mol. The molecule has 1 aliphatic heterocycles. The van der Waals surface area contributed by atoms with Gasteiger partial charge in [0.2, 0.25) is 11.8 Å². The fraction of sp³-hybridized carbons (Fsp3) is 0.500. The lowest BCUT2D eigenvalue weighted by Gasteiger charge is -2.25. The van der Waals surface area contributed by atoms with Gasteiger partial charge in [-0.05, 0) is 50.6 Å². The van der Waals surface area contributed by atoms with Crippen LogP contribution >= 0.6 is 24.2 Å². The second kappa shape index (κ2) is 10.5. The number of nitrogens with one attached hydrogen (secondary N) is 3. The maximum Gasteiger partial charge on any atom is 0.234 e. The Morgan fingerprint density at radius 1 is 1.38 bits per heavy atom. The van der Waals surface area contributed by atoms with Crippen LogP contribution in [0.3, 0.4) is 0 Å². The Balaban J connectivity index is 0.00000288. The van der Waals surface area contributed by atoms with Gasteiger partial charge in [-0.25, -0.2) is 4.39 Å². The number of thioether (sulfide) groups is 1. The highest BCUT2D eigenvalue weighted by atomic mass is 35.5. The number of hydrogen-bond donors (Lipinski definition) is 3. The summed E-state index contributed by atoms with van der Waals surface area (Å²) in [6.07, 6.45) is 2.05. The highest BCUT2D eigenvalue weighted by Gasteiger charge is 2.20. The molecule has 0 radical (unpaired) electrons. The van der Waals surface area contributed by atoms with E-state index in [0.717, 1.165) is 25.9 Å². The lowest BCUT2D eigenvalue weighted by atomic mass is 10.1. The standard InChI is InChI=1S/C16H22FN3O2S.ClH/c1-11(16(22)20-14-3-2-8-18-9-14)23-10-15(21)19-13-6-4-12(17)5-7-13;/h4-7,11,14,18H,2-3,8-10H2,1H3,(H,19,21)(H,20,22);1H/t11?,14-;/m0./s1. The molecule has 2 atom stereocenters. The van der Waals surface area contributed by atoms with Crippen molar-refractivity contribution in [1.82, 2.24) is 10.6 Å². The van der Waals surface area contributed by atoms with Crippen LogP contribution in [0, 0.1) is 5.82 Å². The van der Waals surface area contributed by atoms with Crippen LogP contribution in [0.1, 0.15) is 19.8 Å². The first-order chi connectivity index (χ1) is 11.0. The molecule has 134 valence electrons. The number of piperidine rings is 1. The van der Waals surface area contributed by atoms with Gasteiger partial charge in [0.1, 0.15) is 5.82 Å². The van der Waals surface area contributed by atoms with Crippen molar-refractivity contribution < 1.29 is 14.0 Å². The third-order valence-corrected chi connectivity index (χ3v) is 4.75. The molecule has 2 amide bonds. The van der Waals surface area contributed by atoms with Crippen LogP contribution in [-0.4, -0.2) is 41.9 Å². The van der Waals surface area contributed by atoms with Gasteiger partial charge in [-0.3, -0.25) is 9.59 Å². The molecule has 1 heterocycles. The Hall–Kier alpha value is -1.31. The minimum atomic E-state index is -0.347. The zero-order valence-electron chi connectivity index (χ0n) is 13.5. The third-order valence-electron chi connectivity index (χ3n) is 3.60. The van der Waals surface area contributed by atoms with Gasteiger partial charge in [-0.15, -0.1) is 24.2 Å². The molecule has 0 aliphatic carbocycles. The molecule has 1 fully saturated rings. The van der Waals surface area contributed by atoms with Crippen molar-refractivity contribution in [3.8, 4) is 0 Å². The summed E-state index contributed by atoms with van der Waals surface area (Å²) in [5.41, 5.74) is 0.544. The van der Waals surface area contributed by atoms with Crippen molar-refractivity contribution >= 4 is 41.7 Å². The number of halogens is 2. The van der Waals surface area contributed by atoms with Crippen molar-refractivity contribution in [3.05, 3.63) is 30.1 Å². The number of anilines is 1. The largest absolute Gasteiger partial charge is 0.351 e. The summed E-state index contributed by atoms with van der Waals surface area (Å²) in [6.45, 7) is 3.59. The van der Waals surface area contributed by atoms with E-state index in [9.17, 15) is 14.0 Å². The Morgan fingerprint density at radius 3 is 2.71 bits per heavy atom. The summed E-state index contributed by atoms with van der Waals surface area (Å²) < 4.78 is 12.8. The van der Waals surface area contributed by atoms with Crippen LogP contribution in [0.15, 0.2) is 24.3 Å². The minimum Gasteiger partial charge on any atom is -0.351 e. The van der Waals surface area contributed by atoms with Crippen LogP contribution in [0.25, 0.3) is 0 Å². The summed E-state index contributed by atoms with van der Waals surface area (Å²) in [6, 6.07) is 5.76. The first kappa shape index (κ1) is 20.7. The van der Waals surface area contributed by atoms with Crippen LogP contribution in [-0.2, 0) is 9.59 Å². The fourth-order valence-corrected chi connectivity index (χ4v) is 2.99. The molecule has 0 saturated carbocycles. The first-order valence-corrected chi connectivity index (χ1v) is 8.77. The van der Waals surface area contributed by atoms with Gasteiger partial charge >= 0.3 is 0 Å². The topological polar surface area (TPSA) is 70.2 Å². The molecule has 3 N–H and O–H groups in total. The average molecular weight is 376 g/mol. The predicted octanol–water partition coefficient (Wildman–Crippen LogP) is 2.18. The van der Waals surface area contributed by atoms with Gasteiger partial charge in [-0.1, -0.05) is 0 Å². The van der Waals surface area contributed by atoms with Crippen molar-refractivity contribution in [1.29, 1.82) is 0 Å². The second-order valence-corrected chi connectivity index (χ2v) is 6.89. The molecular weight excluding hydrogens is 353 g/mol. The molecule has 0 aromatic heterocycles. The number of amides is 2. The molecular formula is C16H23ClFN3O2S. The Bertz CT molecular complexity index is 539. The van der Waals surface area contributed by atoms with E-state index in [2.05, 4.69) is 16.0 Å². The van der Waals surface area contributed by atoms with E-state index in [1.54, 1.807) is 6.92 Å². The molecule has 1 aromatic rings. The molecule has 8 heteroatoms. The van der Waals surface area contributed by atoms with Crippen molar-refractivity contribution in [2.24, 2.45) is 0 Å². The summed E-state index contributed by atoms with van der Waals surface area (Å²) in [7, 11) is 0. The van der Waals surface area contributed by atoms with Gasteiger partial charge in [0.25, 0.3) is 0 Å². The van der Waals surface area contributed by atoms with Crippen molar-refractivity contribution in [2.75, 3.05) is 24.2 Å². The van der Waals surface area contributed by atoms with Gasteiger partial charge < -0.3 is 16.0 Å². The van der Waals surface area contributed by atoms with Gasteiger partial charge in [0.05, 0.1) is 11.0 Å². The second-order valence-electron chi connectivity index (χ2n) is 5.56. The predicted molar refractivity (Wildman–Crippen MR) is 98.2 cm³/mol. The zero-order valence-corrected chi connectivity index (χ0v) is 15.1. The zero-order chi connectivity index (χ0) is 16.7. The van der Waals surface area contributed by atoms with E-state index in [-0.39, 0.29) is 47.1 Å². The quantitative estimate of drug-likeness (QED) is 0.712. The molecule has 24 heavy (non-hydrogen) atoms. The maximum atomic E-state index is 12.8. The molecule has 1 saturated heterocycles. The van der Waals surface area contributed by atoms with E-state index in [0.29, 0.717) is 5.69 Å². The van der Waals surface area contributed by atoms with Crippen molar-refractivity contribution in [3.63, 3.8) is 0 Å². The fourth-order valence-electron chi connectivity index (χ4n) is 2.30.